The molecule has 22 heavy (non-hydrogen) atoms. The molecule has 1 aromatic heterocycles. The molecule has 118 valence electrons. The molecule has 2 nitrogen and oxygen atoms in total. The first-order chi connectivity index (χ1) is 10.1. The number of nitrogens with zero attached hydrogens (tertiary/aromatic N) is 1. The Labute approximate surface area is 121 Å². The fraction of sp³-hybridized carbons (Fsp3) is 0.214. The van der Waals surface area contributed by atoms with E-state index in [-0.39, 0.29) is 6.07 Å². The van der Waals surface area contributed by atoms with Crippen molar-refractivity contribution in [2.24, 2.45) is 0 Å². The van der Waals surface area contributed by atoms with Crippen LogP contribution >= 0.6 is 0 Å². The Morgan fingerprint density at radius 3 is 1.91 bits per heavy atom. The Kier molecular flexibility index (Phi) is 3.90. The predicted molar refractivity (Wildman–Crippen MR) is 64.7 cm³/mol. The Balaban J connectivity index is 2.67. The fourth-order valence-corrected chi connectivity index (χ4v) is 1.99. The molecule has 1 aromatic carbocycles. The average Bonchev–Trinajstić information content (AvgIpc) is 2.45. The van der Waals surface area contributed by atoms with Gasteiger partial charge in [-0.05, 0) is 23.8 Å². The first-order valence-electron chi connectivity index (χ1n) is 5.94. The van der Waals surface area contributed by atoms with E-state index >= 15 is 0 Å². The average molecular weight is 321 g/mol. The molecule has 0 spiro atoms. The van der Waals surface area contributed by atoms with E-state index in [0.717, 1.165) is 30.5 Å². The number of aromatic nitrogens is 1. The van der Waals surface area contributed by atoms with Crippen LogP contribution in [0.4, 0.5) is 26.3 Å². The van der Waals surface area contributed by atoms with Crippen molar-refractivity contribution in [2.45, 2.75) is 18.0 Å². The molecule has 8 heteroatoms. The van der Waals surface area contributed by atoms with Crippen LogP contribution in [-0.4, -0.2) is 16.3 Å². The van der Waals surface area contributed by atoms with Gasteiger partial charge in [-0.1, -0.05) is 18.2 Å². The van der Waals surface area contributed by atoms with E-state index in [0.29, 0.717) is 6.07 Å². The molecule has 0 fully saturated rings. The summed E-state index contributed by atoms with van der Waals surface area (Å²) in [6.45, 7) is 0. The summed E-state index contributed by atoms with van der Waals surface area (Å²) in [6, 6.07) is 4.60. The molecular weight excluding hydrogens is 312 g/mol. The molecular formula is C14H9F6NO. The van der Waals surface area contributed by atoms with Crippen LogP contribution in [0.15, 0.2) is 48.8 Å². The first-order valence-corrected chi connectivity index (χ1v) is 5.94. The van der Waals surface area contributed by atoms with Gasteiger partial charge in [0, 0.05) is 18.0 Å². The van der Waals surface area contributed by atoms with Crippen molar-refractivity contribution < 1.29 is 31.4 Å². The molecule has 0 saturated carbocycles. The number of benzene rings is 1. The minimum absolute atomic E-state index is 0.278. The van der Waals surface area contributed by atoms with Gasteiger partial charge in [0.2, 0.25) is 5.60 Å². The molecule has 0 amide bonds. The van der Waals surface area contributed by atoms with E-state index in [2.05, 4.69) is 4.98 Å². The van der Waals surface area contributed by atoms with Gasteiger partial charge in [-0.15, -0.1) is 0 Å². The lowest BCUT2D eigenvalue weighted by molar-refractivity contribution is -0.248. The van der Waals surface area contributed by atoms with E-state index in [4.69, 9.17) is 0 Å². The lowest BCUT2D eigenvalue weighted by Crippen LogP contribution is -2.43. The largest absolute Gasteiger partial charge is 0.425 e. The number of hydrogen-bond acceptors (Lipinski definition) is 2. The number of hydrogen-bond donors (Lipinski definition) is 1. The molecule has 0 aliphatic rings. The van der Waals surface area contributed by atoms with Gasteiger partial charge in [0.25, 0.3) is 0 Å². The molecule has 0 saturated heterocycles. The minimum atomic E-state index is -5.22. The third-order valence-corrected chi connectivity index (χ3v) is 3.10. The molecule has 1 N–H and O–H groups in total. The Morgan fingerprint density at radius 2 is 1.41 bits per heavy atom. The van der Waals surface area contributed by atoms with Crippen molar-refractivity contribution in [2.75, 3.05) is 0 Å². The van der Waals surface area contributed by atoms with Crippen LogP contribution < -0.4 is 0 Å². The van der Waals surface area contributed by atoms with Crippen LogP contribution in [0.1, 0.15) is 16.7 Å². The topological polar surface area (TPSA) is 33.1 Å². The molecule has 2 aromatic rings. The third kappa shape index (κ3) is 2.78. The third-order valence-electron chi connectivity index (χ3n) is 3.10. The highest BCUT2D eigenvalue weighted by Crippen LogP contribution is 2.45. The SMILES string of the molecule is OC(c1cccnc1)(c1cccc(C(F)(F)F)c1)C(F)(F)F. The van der Waals surface area contributed by atoms with Gasteiger partial charge in [-0.25, -0.2) is 0 Å². The summed E-state index contributed by atoms with van der Waals surface area (Å²) in [5.74, 6) is 0. The van der Waals surface area contributed by atoms with Gasteiger partial charge in [0.05, 0.1) is 5.56 Å². The van der Waals surface area contributed by atoms with Crippen molar-refractivity contribution in [3.63, 3.8) is 0 Å². The number of halogens is 6. The maximum Gasteiger partial charge on any atom is 0.425 e. The van der Waals surface area contributed by atoms with Crippen molar-refractivity contribution in [3.05, 3.63) is 65.5 Å². The number of aliphatic hydroxyl groups is 1. The van der Waals surface area contributed by atoms with E-state index in [1.165, 1.54) is 6.20 Å². The summed E-state index contributed by atoms with van der Waals surface area (Å²) in [5, 5.41) is 10.1. The molecule has 0 bridgehead atoms. The second kappa shape index (κ2) is 5.28. The smallest absolute Gasteiger partial charge is 0.372 e. The zero-order valence-corrected chi connectivity index (χ0v) is 10.8. The standard InChI is InChI=1S/C14H9F6NO/c15-13(16,17)10-4-1-3-9(7-10)12(22,14(18,19)20)11-5-2-6-21-8-11/h1-8,22H. The number of pyridine rings is 1. The van der Waals surface area contributed by atoms with E-state index in [9.17, 15) is 31.4 Å². The lowest BCUT2D eigenvalue weighted by atomic mass is 9.86. The first kappa shape index (κ1) is 16.3. The summed E-state index contributed by atoms with van der Waals surface area (Å²) >= 11 is 0. The molecule has 2 rings (SSSR count). The van der Waals surface area contributed by atoms with Gasteiger partial charge in [-0.3, -0.25) is 4.98 Å². The van der Waals surface area contributed by atoms with Crippen LogP contribution in [0, 0.1) is 0 Å². The molecule has 0 radical (unpaired) electrons. The summed E-state index contributed by atoms with van der Waals surface area (Å²) < 4.78 is 78.1. The van der Waals surface area contributed by atoms with Gasteiger partial charge in [0.1, 0.15) is 0 Å². The van der Waals surface area contributed by atoms with Crippen molar-refractivity contribution in [3.8, 4) is 0 Å². The zero-order valence-electron chi connectivity index (χ0n) is 10.8. The highest BCUT2D eigenvalue weighted by Gasteiger charge is 2.56. The molecule has 1 heterocycles. The van der Waals surface area contributed by atoms with Crippen LogP contribution in [0.5, 0.6) is 0 Å². The molecule has 0 aliphatic heterocycles. The van der Waals surface area contributed by atoms with Crippen LogP contribution in [0.3, 0.4) is 0 Å². The van der Waals surface area contributed by atoms with Crippen molar-refractivity contribution in [1.82, 2.24) is 4.98 Å². The van der Waals surface area contributed by atoms with Gasteiger partial charge in [-0.2, -0.15) is 26.3 Å². The zero-order chi connectivity index (χ0) is 16.6. The maximum absolute atomic E-state index is 13.3. The lowest BCUT2D eigenvalue weighted by Gasteiger charge is -2.31. The van der Waals surface area contributed by atoms with Crippen LogP contribution in [0.25, 0.3) is 0 Å². The fourth-order valence-electron chi connectivity index (χ4n) is 1.99. The second-order valence-corrected chi connectivity index (χ2v) is 4.53. The molecule has 0 aliphatic carbocycles. The highest BCUT2D eigenvalue weighted by molar-refractivity contribution is 5.39. The Hall–Kier alpha value is -2.09. The summed E-state index contributed by atoms with van der Waals surface area (Å²) in [5.41, 5.74) is -6.45. The minimum Gasteiger partial charge on any atom is -0.372 e. The van der Waals surface area contributed by atoms with Crippen LogP contribution in [-0.2, 0) is 11.8 Å². The maximum atomic E-state index is 13.3. The summed E-state index contributed by atoms with van der Waals surface area (Å²) in [7, 11) is 0. The highest BCUT2D eigenvalue weighted by atomic mass is 19.4. The molecule has 1 unspecified atom stereocenters. The van der Waals surface area contributed by atoms with Gasteiger partial charge >= 0.3 is 12.4 Å². The predicted octanol–water partition coefficient (Wildman–Crippen LogP) is 3.90. The van der Waals surface area contributed by atoms with Gasteiger partial charge in [0.15, 0.2) is 0 Å². The Morgan fingerprint density at radius 1 is 0.818 bits per heavy atom. The Bertz CT molecular complexity index is 652. The summed E-state index contributed by atoms with van der Waals surface area (Å²) in [6.07, 6.45) is -8.10. The van der Waals surface area contributed by atoms with E-state index in [1.54, 1.807) is 0 Å². The van der Waals surface area contributed by atoms with E-state index < -0.39 is 34.6 Å². The quantitative estimate of drug-likeness (QED) is 0.851. The normalized spacial score (nSPS) is 15.4. The van der Waals surface area contributed by atoms with E-state index in [1.807, 2.05) is 0 Å². The second-order valence-electron chi connectivity index (χ2n) is 4.53. The van der Waals surface area contributed by atoms with Crippen LogP contribution in [0.2, 0.25) is 0 Å². The van der Waals surface area contributed by atoms with Crippen molar-refractivity contribution >= 4 is 0 Å². The number of rotatable bonds is 2. The van der Waals surface area contributed by atoms with Gasteiger partial charge < -0.3 is 5.11 Å². The van der Waals surface area contributed by atoms with Crippen molar-refractivity contribution in [1.29, 1.82) is 0 Å². The monoisotopic (exact) mass is 321 g/mol. The summed E-state index contributed by atoms with van der Waals surface area (Å²) in [4.78, 5) is 3.48. The molecule has 1 atom stereocenters. The number of alkyl halides is 6.